The van der Waals surface area contributed by atoms with Crippen LogP contribution in [0.25, 0.3) is 0 Å². The molecule has 0 amide bonds. The molecule has 0 aromatic heterocycles. The Labute approximate surface area is 106 Å². The molecule has 0 aromatic carbocycles. The third kappa shape index (κ3) is 2.32. The van der Waals surface area contributed by atoms with Gasteiger partial charge in [0.05, 0.1) is 0 Å². The number of carbonyl (C=O) groups is 1. The molecule has 0 aromatic rings. The van der Waals surface area contributed by atoms with Gasteiger partial charge in [0.2, 0.25) is 5.78 Å². The molecule has 0 spiro atoms. The zero-order chi connectivity index (χ0) is 13.5. The summed E-state index contributed by atoms with van der Waals surface area (Å²) in [7, 11) is 0. The van der Waals surface area contributed by atoms with Crippen molar-refractivity contribution in [2.24, 2.45) is 16.2 Å². The maximum absolute atomic E-state index is 11.8. The Morgan fingerprint density at radius 3 is 2.06 bits per heavy atom. The smallest absolute Gasteiger partial charge is 0.210 e. The Morgan fingerprint density at radius 2 is 1.76 bits per heavy atom. The second kappa shape index (κ2) is 4.02. The summed E-state index contributed by atoms with van der Waals surface area (Å²) < 4.78 is 0. The predicted molar refractivity (Wildman–Crippen MR) is 72.5 cm³/mol. The standard InChI is InChI=1S/C16H24O/c1-12(2)16(7)11-10-15(16,6)9-8-13(17)14(3,4)5/h1,10-11H2,2-7H3/t15-,16+/m1/s1. The molecule has 17 heavy (non-hydrogen) atoms. The summed E-state index contributed by atoms with van der Waals surface area (Å²) in [5, 5.41) is 0. The second-order valence-electron chi connectivity index (χ2n) is 6.77. The Balaban J connectivity index is 2.94. The molecule has 1 aliphatic rings. The van der Waals surface area contributed by atoms with Gasteiger partial charge in [0.1, 0.15) is 0 Å². The van der Waals surface area contributed by atoms with Crippen LogP contribution >= 0.6 is 0 Å². The van der Waals surface area contributed by atoms with Crippen molar-refractivity contribution < 1.29 is 4.79 Å². The summed E-state index contributed by atoms with van der Waals surface area (Å²) in [6, 6.07) is 0. The van der Waals surface area contributed by atoms with Crippen molar-refractivity contribution in [1.82, 2.24) is 0 Å². The highest BCUT2D eigenvalue weighted by atomic mass is 16.1. The lowest BCUT2D eigenvalue weighted by atomic mass is 9.49. The molecule has 0 aliphatic heterocycles. The summed E-state index contributed by atoms with van der Waals surface area (Å²) in [6.07, 6.45) is 2.18. The molecule has 1 nitrogen and oxygen atoms in total. The largest absolute Gasteiger partial charge is 0.284 e. The zero-order valence-corrected chi connectivity index (χ0v) is 12.0. The van der Waals surface area contributed by atoms with Crippen molar-refractivity contribution >= 4 is 5.78 Å². The van der Waals surface area contributed by atoms with Crippen LogP contribution in [-0.4, -0.2) is 5.78 Å². The van der Waals surface area contributed by atoms with Crippen molar-refractivity contribution in [1.29, 1.82) is 0 Å². The van der Waals surface area contributed by atoms with Crippen LogP contribution in [0.3, 0.4) is 0 Å². The summed E-state index contributed by atoms with van der Waals surface area (Å²) in [6.45, 7) is 16.2. The number of allylic oxidation sites excluding steroid dienone is 1. The Morgan fingerprint density at radius 1 is 1.24 bits per heavy atom. The van der Waals surface area contributed by atoms with E-state index in [0.717, 1.165) is 12.8 Å². The van der Waals surface area contributed by atoms with Gasteiger partial charge in [0, 0.05) is 16.2 Å². The normalized spacial score (nSPS) is 32.1. The second-order valence-corrected chi connectivity index (χ2v) is 6.77. The Hall–Kier alpha value is -1.03. The monoisotopic (exact) mass is 232 g/mol. The molecular weight excluding hydrogens is 208 g/mol. The maximum atomic E-state index is 11.8. The summed E-state index contributed by atoms with van der Waals surface area (Å²) in [5.74, 6) is 6.08. The van der Waals surface area contributed by atoms with Crippen LogP contribution in [-0.2, 0) is 4.79 Å². The molecule has 0 heterocycles. The first-order valence-corrected chi connectivity index (χ1v) is 6.26. The number of hydrogen-bond acceptors (Lipinski definition) is 1. The van der Waals surface area contributed by atoms with Crippen LogP contribution in [0.15, 0.2) is 12.2 Å². The van der Waals surface area contributed by atoms with Crippen molar-refractivity contribution in [3.63, 3.8) is 0 Å². The average molecular weight is 232 g/mol. The van der Waals surface area contributed by atoms with E-state index in [1.807, 2.05) is 20.8 Å². The van der Waals surface area contributed by atoms with E-state index < -0.39 is 0 Å². The number of hydrogen-bond donors (Lipinski definition) is 0. The SMILES string of the molecule is C=C(C)[C@]1(C)CC[C@@]1(C)C#CC(=O)C(C)(C)C. The molecule has 0 unspecified atom stereocenters. The molecule has 1 saturated carbocycles. The van der Waals surface area contributed by atoms with Crippen LogP contribution < -0.4 is 0 Å². The highest BCUT2D eigenvalue weighted by Crippen LogP contribution is 2.59. The van der Waals surface area contributed by atoms with Gasteiger partial charge < -0.3 is 0 Å². The van der Waals surface area contributed by atoms with E-state index in [2.05, 4.69) is 39.2 Å². The maximum Gasteiger partial charge on any atom is 0.210 e. The fourth-order valence-electron chi connectivity index (χ4n) is 2.14. The van der Waals surface area contributed by atoms with Gasteiger partial charge >= 0.3 is 0 Å². The number of carbonyl (C=O) groups excluding carboxylic acids is 1. The van der Waals surface area contributed by atoms with Crippen LogP contribution in [0.5, 0.6) is 0 Å². The topological polar surface area (TPSA) is 17.1 Å². The lowest BCUT2D eigenvalue weighted by Gasteiger charge is -2.54. The van der Waals surface area contributed by atoms with E-state index in [-0.39, 0.29) is 22.0 Å². The summed E-state index contributed by atoms with van der Waals surface area (Å²) in [5.41, 5.74) is 0.786. The fourth-order valence-corrected chi connectivity index (χ4v) is 2.14. The van der Waals surface area contributed by atoms with Gasteiger partial charge in [-0.1, -0.05) is 45.8 Å². The summed E-state index contributed by atoms with van der Waals surface area (Å²) >= 11 is 0. The molecule has 0 N–H and O–H groups in total. The van der Waals surface area contributed by atoms with E-state index >= 15 is 0 Å². The first-order valence-electron chi connectivity index (χ1n) is 6.26. The van der Waals surface area contributed by atoms with Crippen molar-refractivity contribution in [2.45, 2.75) is 54.4 Å². The highest BCUT2D eigenvalue weighted by molar-refractivity contribution is 5.99. The van der Waals surface area contributed by atoms with Gasteiger partial charge in [-0.2, -0.15) is 0 Å². The van der Waals surface area contributed by atoms with E-state index in [0.29, 0.717) is 0 Å². The summed E-state index contributed by atoms with van der Waals surface area (Å²) in [4.78, 5) is 11.8. The van der Waals surface area contributed by atoms with Gasteiger partial charge in [-0.05, 0) is 32.6 Å². The van der Waals surface area contributed by atoms with Crippen LogP contribution in [0, 0.1) is 28.1 Å². The van der Waals surface area contributed by atoms with E-state index in [9.17, 15) is 4.79 Å². The quantitative estimate of drug-likeness (QED) is 0.379. The van der Waals surface area contributed by atoms with Crippen molar-refractivity contribution in [3.8, 4) is 11.8 Å². The number of ketones is 1. The van der Waals surface area contributed by atoms with Gasteiger partial charge in [0.15, 0.2) is 0 Å². The molecule has 0 saturated heterocycles. The minimum atomic E-state index is -0.368. The first kappa shape index (κ1) is 14.0. The van der Waals surface area contributed by atoms with Crippen LogP contribution in [0.1, 0.15) is 54.4 Å². The van der Waals surface area contributed by atoms with Gasteiger partial charge in [-0.25, -0.2) is 0 Å². The molecule has 0 bridgehead atoms. The predicted octanol–water partition coefficient (Wildman–Crippen LogP) is 3.99. The Bertz CT molecular complexity index is 413. The van der Waals surface area contributed by atoms with Crippen LogP contribution in [0.2, 0.25) is 0 Å². The van der Waals surface area contributed by atoms with E-state index in [1.54, 1.807) is 0 Å². The highest BCUT2D eigenvalue weighted by Gasteiger charge is 2.52. The molecule has 1 aliphatic carbocycles. The molecule has 94 valence electrons. The minimum Gasteiger partial charge on any atom is -0.284 e. The first-order chi connectivity index (χ1) is 7.53. The molecule has 0 radical (unpaired) electrons. The average Bonchev–Trinajstić information content (AvgIpc) is 2.20. The van der Waals surface area contributed by atoms with Crippen molar-refractivity contribution in [3.05, 3.63) is 12.2 Å². The third-order valence-electron chi connectivity index (χ3n) is 4.42. The molecular formula is C16H24O. The molecule has 1 heteroatoms. The molecule has 1 fully saturated rings. The van der Waals surface area contributed by atoms with Crippen molar-refractivity contribution in [2.75, 3.05) is 0 Å². The third-order valence-corrected chi connectivity index (χ3v) is 4.42. The van der Waals surface area contributed by atoms with Gasteiger partial charge in [-0.15, -0.1) is 0 Å². The number of Topliss-reactive ketones (excluding diaryl/α,β-unsaturated/α-hetero) is 1. The minimum absolute atomic E-state index is 0.0229. The zero-order valence-electron chi connectivity index (χ0n) is 12.0. The lowest BCUT2D eigenvalue weighted by Crippen LogP contribution is -2.47. The lowest BCUT2D eigenvalue weighted by molar-refractivity contribution is -0.120. The molecule has 2 atom stereocenters. The number of rotatable bonds is 1. The van der Waals surface area contributed by atoms with E-state index in [4.69, 9.17) is 0 Å². The van der Waals surface area contributed by atoms with Crippen LogP contribution in [0.4, 0.5) is 0 Å². The Kier molecular flexibility index (Phi) is 3.32. The fraction of sp³-hybridized carbons (Fsp3) is 0.688. The molecule has 1 rings (SSSR count). The van der Waals surface area contributed by atoms with Gasteiger partial charge in [-0.3, -0.25) is 4.79 Å². The van der Waals surface area contributed by atoms with E-state index in [1.165, 1.54) is 5.57 Å². The van der Waals surface area contributed by atoms with Gasteiger partial charge in [0.25, 0.3) is 0 Å².